The zero-order chi connectivity index (χ0) is 32.1. The van der Waals surface area contributed by atoms with E-state index in [9.17, 15) is 24.0 Å². The predicted octanol–water partition coefficient (Wildman–Crippen LogP) is 2.05. The summed E-state index contributed by atoms with van der Waals surface area (Å²) in [4.78, 5) is 70.8. The van der Waals surface area contributed by atoms with Crippen LogP contribution in [0.25, 0.3) is 0 Å². The van der Waals surface area contributed by atoms with Gasteiger partial charge in [-0.05, 0) is 54.1 Å². The van der Waals surface area contributed by atoms with Gasteiger partial charge < -0.3 is 16.0 Å². The molecule has 0 aromatic carbocycles. The zero-order valence-electron chi connectivity index (χ0n) is 26.7. The first-order valence-corrected chi connectivity index (χ1v) is 15.5. The standard InChI is InChI=1S/C32H50N6O5/c1-18(2)22-15-24(30(42)37-23(14-20-8-9-20)27(40)29(33)41)38(16-22)31(43)28(32(5,6)7)36-17-35-25(19(3)4)26(39)21-10-12-34-13-11-21/h10-13,18-20,22-25,28,35-36H,8-9,14-17H2,1-7H3,(H2,33,41)(H,37,42)/t22-,23?,24+,25+,28-/m1/s1. The molecule has 1 saturated carbocycles. The van der Waals surface area contributed by atoms with Crippen molar-refractivity contribution >= 4 is 29.3 Å². The molecule has 0 bridgehead atoms. The molecule has 2 heterocycles. The topological polar surface area (TPSA) is 164 Å². The van der Waals surface area contributed by atoms with Crippen molar-refractivity contribution in [2.24, 2.45) is 34.8 Å². The number of nitrogens with two attached hydrogens (primary N) is 1. The van der Waals surface area contributed by atoms with E-state index in [2.05, 4.69) is 34.8 Å². The SMILES string of the molecule is CC(C)[C@@H]1C[C@@H](C(=O)NC(CC2CC2)C(=O)C(N)=O)N(C(=O)[C@@H](NCN[C@H](C(=O)c2ccncc2)C(C)C)C(C)(C)C)C1. The minimum absolute atomic E-state index is 0.00332. The van der Waals surface area contributed by atoms with E-state index in [4.69, 9.17) is 5.73 Å². The molecule has 1 saturated heterocycles. The molecule has 3 amide bonds. The van der Waals surface area contributed by atoms with Crippen LogP contribution in [0.5, 0.6) is 0 Å². The summed E-state index contributed by atoms with van der Waals surface area (Å²) in [5.41, 5.74) is 5.32. The molecule has 43 heavy (non-hydrogen) atoms. The van der Waals surface area contributed by atoms with Gasteiger partial charge in [0, 0.05) is 31.2 Å². The molecule has 3 rings (SSSR count). The van der Waals surface area contributed by atoms with Gasteiger partial charge in [-0.2, -0.15) is 0 Å². The second-order valence-corrected chi connectivity index (χ2v) is 13.9. The lowest BCUT2D eigenvalue weighted by Crippen LogP contribution is -2.59. The molecule has 2 aliphatic rings. The zero-order valence-corrected chi connectivity index (χ0v) is 26.7. The average Bonchev–Trinajstić information content (AvgIpc) is 3.64. The van der Waals surface area contributed by atoms with Crippen molar-refractivity contribution in [1.29, 1.82) is 0 Å². The fourth-order valence-electron chi connectivity index (χ4n) is 5.73. The summed E-state index contributed by atoms with van der Waals surface area (Å²) in [5, 5.41) is 9.39. The third kappa shape index (κ3) is 9.15. The van der Waals surface area contributed by atoms with Gasteiger partial charge in [0.25, 0.3) is 5.91 Å². The third-order valence-corrected chi connectivity index (χ3v) is 8.66. The highest BCUT2D eigenvalue weighted by Gasteiger charge is 2.46. The monoisotopic (exact) mass is 598 g/mol. The van der Waals surface area contributed by atoms with Gasteiger partial charge >= 0.3 is 0 Å². The van der Waals surface area contributed by atoms with E-state index in [-0.39, 0.29) is 42.0 Å². The van der Waals surface area contributed by atoms with Gasteiger partial charge in [0.05, 0.1) is 18.1 Å². The number of likely N-dealkylation sites (tertiary alicyclic amines) is 1. The molecule has 1 unspecified atom stereocenters. The van der Waals surface area contributed by atoms with Crippen molar-refractivity contribution in [2.45, 2.75) is 98.3 Å². The van der Waals surface area contributed by atoms with Crippen molar-refractivity contribution in [2.75, 3.05) is 13.2 Å². The molecule has 11 heteroatoms. The van der Waals surface area contributed by atoms with Crippen molar-refractivity contribution in [3.63, 3.8) is 0 Å². The fraction of sp³-hybridized carbons (Fsp3) is 0.688. The molecular formula is C32H50N6O5. The maximum atomic E-state index is 14.2. The Bertz CT molecular complexity index is 1160. The summed E-state index contributed by atoms with van der Waals surface area (Å²) in [6, 6.07) is 0.457. The van der Waals surface area contributed by atoms with Gasteiger partial charge in [0.1, 0.15) is 6.04 Å². The number of pyridine rings is 1. The number of hydrogen-bond acceptors (Lipinski definition) is 8. The van der Waals surface area contributed by atoms with E-state index in [1.165, 1.54) is 0 Å². The van der Waals surface area contributed by atoms with E-state index in [0.29, 0.717) is 24.9 Å². The number of amides is 3. The molecule has 1 aliphatic heterocycles. The number of ketones is 2. The van der Waals surface area contributed by atoms with E-state index in [1.807, 2.05) is 34.6 Å². The summed E-state index contributed by atoms with van der Waals surface area (Å²) in [6.45, 7) is 14.5. The minimum Gasteiger partial charge on any atom is -0.363 e. The number of rotatable bonds is 15. The number of aromatic nitrogens is 1. The van der Waals surface area contributed by atoms with Crippen LogP contribution in [0.2, 0.25) is 0 Å². The second-order valence-electron chi connectivity index (χ2n) is 13.9. The molecular weight excluding hydrogens is 548 g/mol. The lowest BCUT2D eigenvalue weighted by atomic mass is 9.85. The number of nitrogens with one attached hydrogen (secondary N) is 3. The van der Waals surface area contributed by atoms with E-state index in [0.717, 1.165) is 12.8 Å². The van der Waals surface area contributed by atoms with Crippen molar-refractivity contribution in [3.05, 3.63) is 30.1 Å². The first-order chi connectivity index (χ1) is 20.1. The van der Waals surface area contributed by atoms with Crippen LogP contribution in [-0.2, 0) is 19.2 Å². The fourth-order valence-corrected chi connectivity index (χ4v) is 5.73. The van der Waals surface area contributed by atoms with Crippen molar-refractivity contribution in [1.82, 2.24) is 25.8 Å². The van der Waals surface area contributed by atoms with E-state index < -0.39 is 47.2 Å². The Morgan fingerprint density at radius 3 is 2.16 bits per heavy atom. The van der Waals surface area contributed by atoms with Gasteiger partial charge in [-0.3, -0.25) is 39.6 Å². The molecule has 2 fully saturated rings. The van der Waals surface area contributed by atoms with Gasteiger partial charge in [0.2, 0.25) is 17.6 Å². The molecule has 1 aliphatic carbocycles. The van der Waals surface area contributed by atoms with E-state index in [1.54, 1.807) is 29.4 Å². The lowest BCUT2D eigenvalue weighted by Gasteiger charge is -2.36. The van der Waals surface area contributed by atoms with Gasteiger partial charge in [0.15, 0.2) is 5.78 Å². The Kier molecular flexibility index (Phi) is 11.6. The largest absolute Gasteiger partial charge is 0.363 e. The highest BCUT2D eigenvalue weighted by atomic mass is 16.2. The normalized spacial score (nSPS) is 21.0. The van der Waals surface area contributed by atoms with Crippen LogP contribution >= 0.6 is 0 Å². The predicted molar refractivity (Wildman–Crippen MR) is 163 cm³/mol. The maximum absolute atomic E-state index is 14.2. The van der Waals surface area contributed by atoms with Crippen LogP contribution in [0, 0.1) is 29.1 Å². The first kappa shape index (κ1) is 34.3. The summed E-state index contributed by atoms with van der Waals surface area (Å²) in [5.74, 6) is -2.00. The Hall–Kier alpha value is -3.18. The molecule has 238 valence electrons. The quantitative estimate of drug-likeness (QED) is 0.135. The number of Topliss-reactive ketones (excluding diaryl/α,β-unsaturated/α-hetero) is 2. The molecule has 11 nitrogen and oxygen atoms in total. The first-order valence-electron chi connectivity index (χ1n) is 15.5. The smallest absolute Gasteiger partial charge is 0.287 e. The number of carbonyl (C=O) groups excluding carboxylic acids is 5. The average molecular weight is 599 g/mol. The van der Waals surface area contributed by atoms with Gasteiger partial charge in [-0.25, -0.2) is 0 Å². The molecule has 5 N–H and O–H groups in total. The molecule has 1 aromatic rings. The molecule has 5 atom stereocenters. The highest BCUT2D eigenvalue weighted by Crippen LogP contribution is 2.35. The lowest BCUT2D eigenvalue weighted by molar-refractivity contribution is -0.143. The maximum Gasteiger partial charge on any atom is 0.287 e. The Morgan fingerprint density at radius 2 is 1.65 bits per heavy atom. The summed E-state index contributed by atoms with van der Waals surface area (Å²) in [6.07, 6.45) is 5.89. The number of carbonyl (C=O) groups is 5. The summed E-state index contributed by atoms with van der Waals surface area (Å²) < 4.78 is 0. The van der Waals surface area contributed by atoms with Crippen LogP contribution in [0.3, 0.4) is 0 Å². The summed E-state index contributed by atoms with van der Waals surface area (Å²) in [7, 11) is 0. The minimum atomic E-state index is -1.07. The van der Waals surface area contributed by atoms with E-state index >= 15 is 0 Å². The van der Waals surface area contributed by atoms with Gasteiger partial charge in [-0.15, -0.1) is 0 Å². The molecule has 0 radical (unpaired) electrons. The molecule has 1 aromatic heterocycles. The summed E-state index contributed by atoms with van der Waals surface area (Å²) >= 11 is 0. The number of nitrogens with zero attached hydrogens (tertiary/aromatic N) is 2. The van der Waals surface area contributed by atoms with Crippen LogP contribution in [0.1, 0.15) is 84.5 Å². The van der Waals surface area contributed by atoms with Gasteiger partial charge in [-0.1, -0.05) is 61.3 Å². The van der Waals surface area contributed by atoms with Crippen molar-refractivity contribution in [3.8, 4) is 0 Å². The Balaban J connectivity index is 1.77. The van der Waals surface area contributed by atoms with Crippen LogP contribution in [0.4, 0.5) is 0 Å². The number of hydrogen-bond donors (Lipinski definition) is 4. The van der Waals surface area contributed by atoms with Crippen molar-refractivity contribution < 1.29 is 24.0 Å². The van der Waals surface area contributed by atoms with Crippen LogP contribution in [0.15, 0.2) is 24.5 Å². The van der Waals surface area contributed by atoms with Crippen LogP contribution < -0.4 is 21.7 Å². The third-order valence-electron chi connectivity index (χ3n) is 8.66. The van der Waals surface area contributed by atoms with Crippen LogP contribution in [-0.4, -0.2) is 76.6 Å². The Labute approximate surface area is 255 Å². The highest BCUT2D eigenvalue weighted by molar-refractivity contribution is 6.37. The second kappa shape index (κ2) is 14.5. The number of primary amides is 1. The molecule has 0 spiro atoms. The Morgan fingerprint density at radius 1 is 1.02 bits per heavy atom.